The summed E-state index contributed by atoms with van der Waals surface area (Å²) in [6.07, 6.45) is 0. The van der Waals surface area contributed by atoms with E-state index >= 15 is 0 Å². The fourth-order valence-electron chi connectivity index (χ4n) is 2.86. The van der Waals surface area contributed by atoms with Gasteiger partial charge in [0.2, 0.25) is 5.91 Å². The number of nitrogens with zero attached hydrogens (tertiary/aromatic N) is 1. The molecule has 2 rings (SSSR count). The number of fused-ring (bicyclic) bond motifs is 1. The SMILES string of the molecule is CC(C)[C@@H]1C(=O)N(C)c2ccccc2[C@]1(C)O. The Bertz CT molecular complexity index is 451. The molecule has 3 nitrogen and oxygen atoms in total. The molecule has 0 saturated heterocycles. The average molecular weight is 233 g/mol. The highest BCUT2D eigenvalue weighted by molar-refractivity contribution is 5.99. The highest BCUT2D eigenvalue weighted by atomic mass is 16.3. The molecule has 1 aliphatic rings. The lowest BCUT2D eigenvalue weighted by atomic mass is 9.72. The standard InChI is InChI=1S/C14H19NO2/c1-9(2)12-13(16)15(4)11-8-6-5-7-10(11)14(12,3)17/h5-9,12,17H,1-4H3/t12-,14+/m1/s1. The van der Waals surface area contributed by atoms with Crippen molar-refractivity contribution in [2.24, 2.45) is 11.8 Å². The summed E-state index contributed by atoms with van der Waals surface area (Å²) in [4.78, 5) is 14.0. The third kappa shape index (κ3) is 1.65. The monoisotopic (exact) mass is 233 g/mol. The quantitative estimate of drug-likeness (QED) is 0.807. The number of benzene rings is 1. The molecule has 2 atom stereocenters. The van der Waals surface area contributed by atoms with Crippen molar-refractivity contribution >= 4 is 11.6 Å². The van der Waals surface area contributed by atoms with E-state index in [1.165, 1.54) is 0 Å². The van der Waals surface area contributed by atoms with E-state index in [0.29, 0.717) is 0 Å². The summed E-state index contributed by atoms with van der Waals surface area (Å²) >= 11 is 0. The predicted octanol–water partition coefficient (Wildman–Crippen LogP) is 2.14. The van der Waals surface area contributed by atoms with E-state index in [-0.39, 0.29) is 17.7 Å². The number of carbonyl (C=O) groups is 1. The molecule has 0 bridgehead atoms. The second-order valence-electron chi connectivity index (χ2n) is 5.28. The number of carbonyl (C=O) groups excluding carboxylic acids is 1. The van der Waals surface area contributed by atoms with E-state index in [2.05, 4.69) is 0 Å². The maximum Gasteiger partial charge on any atom is 0.233 e. The van der Waals surface area contributed by atoms with Gasteiger partial charge in [0.15, 0.2) is 0 Å². The molecule has 17 heavy (non-hydrogen) atoms. The van der Waals surface area contributed by atoms with Gasteiger partial charge in [-0.1, -0.05) is 32.0 Å². The molecule has 0 spiro atoms. The highest BCUT2D eigenvalue weighted by Crippen LogP contribution is 2.44. The van der Waals surface area contributed by atoms with Crippen LogP contribution in [0.1, 0.15) is 26.3 Å². The van der Waals surface area contributed by atoms with Crippen molar-refractivity contribution in [3.05, 3.63) is 29.8 Å². The molecule has 1 amide bonds. The summed E-state index contributed by atoms with van der Waals surface area (Å²) in [7, 11) is 1.77. The molecule has 3 heteroatoms. The van der Waals surface area contributed by atoms with Gasteiger partial charge in [-0.25, -0.2) is 0 Å². The van der Waals surface area contributed by atoms with Gasteiger partial charge in [0.05, 0.1) is 5.92 Å². The topological polar surface area (TPSA) is 40.5 Å². The predicted molar refractivity (Wildman–Crippen MR) is 67.8 cm³/mol. The summed E-state index contributed by atoms with van der Waals surface area (Å²) in [5, 5.41) is 10.7. The van der Waals surface area contributed by atoms with Gasteiger partial charge < -0.3 is 10.0 Å². The normalized spacial score (nSPS) is 28.5. The first kappa shape index (κ1) is 12.1. The van der Waals surface area contributed by atoms with Crippen LogP contribution in [0.3, 0.4) is 0 Å². The molecule has 0 aliphatic carbocycles. The Kier molecular flexibility index (Phi) is 2.74. The number of hydrogen-bond acceptors (Lipinski definition) is 2. The largest absolute Gasteiger partial charge is 0.385 e. The molecule has 1 aromatic carbocycles. The van der Waals surface area contributed by atoms with Gasteiger partial charge in [-0.2, -0.15) is 0 Å². The maximum absolute atomic E-state index is 12.3. The second kappa shape index (κ2) is 3.84. The molecule has 0 radical (unpaired) electrons. The minimum absolute atomic E-state index is 0.0105. The molecule has 1 aliphatic heterocycles. The number of anilines is 1. The Morgan fingerprint density at radius 1 is 1.35 bits per heavy atom. The van der Waals surface area contributed by atoms with Crippen molar-refractivity contribution < 1.29 is 9.90 Å². The maximum atomic E-state index is 12.3. The molecule has 1 aromatic rings. The van der Waals surface area contributed by atoms with Crippen LogP contribution in [-0.2, 0) is 10.4 Å². The van der Waals surface area contributed by atoms with Crippen LogP contribution in [0.5, 0.6) is 0 Å². The number of para-hydroxylation sites is 1. The van der Waals surface area contributed by atoms with Gasteiger partial charge in [-0.15, -0.1) is 0 Å². The Labute approximate surface area is 102 Å². The minimum Gasteiger partial charge on any atom is -0.385 e. The van der Waals surface area contributed by atoms with Crippen LogP contribution in [-0.4, -0.2) is 18.1 Å². The summed E-state index contributed by atoms with van der Waals surface area (Å²) in [5.41, 5.74) is 0.550. The fraction of sp³-hybridized carbons (Fsp3) is 0.500. The Balaban J connectivity index is 2.63. The first-order chi connectivity index (χ1) is 7.87. The molecule has 0 saturated carbocycles. The number of rotatable bonds is 1. The molecular weight excluding hydrogens is 214 g/mol. The van der Waals surface area contributed by atoms with E-state index in [4.69, 9.17) is 0 Å². The summed E-state index contributed by atoms with van der Waals surface area (Å²) in [6.45, 7) is 5.68. The van der Waals surface area contributed by atoms with Gasteiger partial charge in [-0.3, -0.25) is 4.79 Å². The third-order valence-corrected chi connectivity index (χ3v) is 3.68. The first-order valence-corrected chi connectivity index (χ1v) is 5.96. The molecular formula is C14H19NO2. The summed E-state index contributed by atoms with van der Waals surface area (Å²) < 4.78 is 0. The van der Waals surface area contributed by atoms with E-state index in [1.807, 2.05) is 38.1 Å². The molecule has 0 unspecified atom stereocenters. The van der Waals surface area contributed by atoms with Gasteiger partial charge in [-0.05, 0) is 18.9 Å². The average Bonchev–Trinajstić information content (AvgIpc) is 2.25. The zero-order valence-corrected chi connectivity index (χ0v) is 10.8. The first-order valence-electron chi connectivity index (χ1n) is 5.96. The summed E-state index contributed by atoms with van der Waals surface area (Å²) in [6, 6.07) is 7.55. The smallest absolute Gasteiger partial charge is 0.233 e. The van der Waals surface area contributed by atoms with Crippen LogP contribution >= 0.6 is 0 Å². The highest BCUT2D eigenvalue weighted by Gasteiger charge is 2.47. The minimum atomic E-state index is -1.09. The molecule has 1 N–H and O–H groups in total. The van der Waals surface area contributed by atoms with Crippen molar-refractivity contribution in [1.82, 2.24) is 0 Å². The van der Waals surface area contributed by atoms with Crippen LogP contribution in [0.15, 0.2) is 24.3 Å². The van der Waals surface area contributed by atoms with Crippen molar-refractivity contribution in [1.29, 1.82) is 0 Å². The van der Waals surface area contributed by atoms with Gasteiger partial charge >= 0.3 is 0 Å². The summed E-state index contributed by atoms with van der Waals surface area (Å²) in [5.74, 6) is -0.292. The number of aliphatic hydroxyl groups is 1. The van der Waals surface area contributed by atoms with Crippen LogP contribution < -0.4 is 4.90 Å². The van der Waals surface area contributed by atoms with E-state index in [9.17, 15) is 9.90 Å². The van der Waals surface area contributed by atoms with E-state index < -0.39 is 5.60 Å². The van der Waals surface area contributed by atoms with Crippen LogP contribution in [0.2, 0.25) is 0 Å². The van der Waals surface area contributed by atoms with Gasteiger partial charge in [0.1, 0.15) is 5.60 Å². The van der Waals surface area contributed by atoms with Crippen LogP contribution in [0.4, 0.5) is 5.69 Å². The van der Waals surface area contributed by atoms with Crippen molar-refractivity contribution in [3.8, 4) is 0 Å². The Morgan fingerprint density at radius 2 is 1.94 bits per heavy atom. The lowest BCUT2D eigenvalue weighted by Crippen LogP contribution is -2.51. The van der Waals surface area contributed by atoms with Crippen LogP contribution in [0.25, 0.3) is 0 Å². The van der Waals surface area contributed by atoms with E-state index in [1.54, 1.807) is 18.9 Å². The fourth-order valence-corrected chi connectivity index (χ4v) is 2.86. The molecule has 0 aromatic heterocycles. The van der Waals surface area contributed by atoms with Crippen molar-refractivity contribution in [2.75, 3.05) is 11.9 Å². The van der Waals surface area contributed by atoms with Gasteiger partial charge in [0.25, 0.3) is 0 Å². The zero-order valence-electron chi connectivity index (χ0n) is 10.8. The number of hydrogen-bond donors (Lipinski definition) is 1. The second-order valence-corrected chi connectivity index (χ2v) is 5.28. The lowest BCUT2D eigenvalue weighted by Gasteiger charge is -2.43. The third-order valence-electron chi connectivity index (χ3n) is 3.68. The van der Waals surface area contributed by atoms with Crippen LogP contribution in [0, 0.1) is 11.8 Å². The molecule has 1 heterocycles. The lowest BCUT2D eigenvalue weighted by molar-refractivity contribution is -0.136. The van der Waals surface area contributed by atoms with Crippen molar-refractivity contribution in [3.63, 3.8) is 0 Å². The zero-order chi connectivity index (χ0) is 12.8. The molecule has 92 valence electrons. The van der Waals surface area contributed by atoms with Crippen molar-refractivity contribution in [2.45, 2.75) is 26.4 Å². The molecule has 0 fully saturated rings. The Hall–Kier alpha value is -1.35. The Morgan fingerprint density at radius 3 is 2.53 bits per heavy atom. The van der Waals surface area contributed by atoms with E-state index in [0.717, 1.165) is 11.3 Å². The number of amides is 1. The van der Waals surface area contributed by atoms with Gasteiger partial charge in [0, 0.05) is 18.3 Å².